The Kier molecular flexibility index (Phi) is 4.65. The summed E-state index contributed by atoms with van der Waals surface area (Å²) < 4.78 is 2.79. The first-order valence-electron chi connectivity index (χ1n) is 5.60. The second kappa shape index (κ2) is 4.66. The zero-order valence-electron chi connectivity index (χ0n) is 11.2. The average molecular weight is 230 g/mol. The molecule has 0 rings (SSSR count). The average Bonchev–Trinajstić information content (AvgIpc) is 1.94. The molecule has 0 unspecified atom stereocenters. The highest BCUT2D eigenvalue weighted by Crippen LogP contribution is 2.26. The van der Waals surface area contributed by atoms with Crippen LogP contribution in [0.4, 0.5) is 0 Å². The predicted molar refractivity (Wildman–Crippen MR) is 72.6 cm³/mol. The van der Waals surface area contributed by atoms with E-state index in [1.807, 2.05) is 0 Å². The van der Waals surface area contributed by atoms with Crippen LogP contribution >= 0.6 is 0 Å². The van der Waals surface area contributed by atoms with Crippen molar-refractivity contribution < 1.29 is 0 Å². The Bertz CT molecular complexity index is 194. The normalized spacial score (nSPS) is 14.4. The maximum atomic E-state index is 2.79. The van der Waals surface area contributed by atoms with Crippen molar-refractivity contribution in [2.24, 2.45) is 0 Å². The minimum Gasteiger partial charge on any atom is -0.428 e. The van der Waals surface area contributed by atoms with Gasteiger partial charge in [0.1, 0.15) is 16.5 Å². The minimum atomic E-state index is -1.20. The highest BCUT2D eigenvalue weighted by molar-refractivity contribution is 6.90. The van der Waals surface area contributed by atoms with Crippen LogP contribution in [0.25, 0.3) is 0 Å². The third-order valence-corrected chi connectivity index (χ3v) is 9.61. The fraction of sp³-hybridized carbons (Fsp3) is 0.818. The molecular weight excluding hydrogens is 202 g/mol. The van der Waals surface area contributed by atoms with Gasteiger partial charge in [0.2, 0.25) is 0 Å². The summed E-state index contributed by atoms with van der Waals surface area (Å²) in [6, 6.07) is 0. The van der Waals surface area contributed by atoms with Crippen molar-refractivity contribution in [3.8, 4) is 0 Å². The van der Waals surface area contributed by atoms with Crippen molar-refractivity contribution in [3.63, 3.8) is 0 Å². The Morgan fingerprint density at radius 1 is 1.00 bits per heavy atom. The molecule has 0 heterocycles. The zero-order valence-corrected chi connectivity index (χ0v) is 13.2. The molecule has 0 radical (unpaired) electrons. The summed E-state index contributed by atoms with van der Waals surface area (Å²) in [7, 11) is -2.40. The van der Waals surface area contributed by atoms with E-state index in [0.717, 1.165) is 0 Å². The molecule has 3 heteroatoms. The third kappa shape index (κ3) is 3.61. The van der Waals surface area contributed by atoms with E-state index in [4.69, 9.17) is 0 Å². The number of hydrogen-bond donors (Lipinski definition) is 0. The smallest absolute Gasteiger partial charge is 0.138 e. The molecule has 0 fully saturated rings. The van der Waals surface area contributed by atoms with Gasteiger partial charge in [-0.15, -0.1) is 0 Å². The van der Waals surface area contributed by atoms with Crippen molar-refractivity contribution in [1.82, 2.24) is 4.23 Å². The lowest BCUT2D eigenvalue weighted by Gasteiger charge is -2.47. The molecule has 84 valence electrons. The van der Waals surface area contributed by atoms with Gasteiger partial charge in [-0.3, -0.25) is 0 Å². The van der Waals surface area contributed by atoms with Crippen LogP contribution in [-0.2, 0) is 0 Å². The lowest BCUT2D eigenvalue weighted by atomic mass is 10.3. The van der Waals surface area contributed by atoms with E-state index in [9.17, 15) is 0 Å². The fourth-order valence-corrected chi connectivity index (χ4v) is 12.7. The molecule has 0 spiro atoms. The van der Waals surface area contributed by atoms with Crippen LogP contribution in [0, 0.1) is 0 Å². The molecule has 0 saturated heterocycles. The van der Waals surface area contributed by atoms with Gasteiger partial charge in [0.25, 0.3) is 0 Å². The highest BCUT2D eigenvalue weighted by atomic mass is 28.4. The molecule has 0 aliphatic heterocycles. The van der Waals surface area contributed by atoms with Crippen molar-refractivity contribution in [1.29, 1.82) is 0 Å². The van der Waals surface area contributed by atoms with Gasteiger partial charge in [-0.05, 0) is 19.0 Å². The Balaban J connectivity index is 5.13. The quantitative estimate of drug-likeness (QED) is 0.651. The lowest BCUT2D eigenvalue weighted by Crippen LogP contribution is -2.58. The van der Waals surface area contributed by atoms with Gasteiger partial charge in [-0.2, -0.15) is 0 Å². The lowest BCUT2D eigenvalue weighted by molar-refractivity contribution is 0.710. The Morgan fingerprint density at radius 2 is 1.36 bits per heavy atom. The van der Waals surface area contributed by atoms with Gasteiger partial charge >= 0.3 is 0 Å². The molecule has 0 saturated carbocycles. The van der Waals surface area contributed by atoms with Crippen molar-refractivity contribution >= 4 is 16.5 Å². The molecule has 0 N–H and O–H groups in total. The molecular formula is C11H27NSi2. The molecule has 0 aromatic carbocycles. The standard InChI is InChI=1S/C11H27NSi2/c1-9-11(10-2)12(13(3,4)5)14(6,7)8/h9H,10H2,1-8H3/b11-9+. The van der Waals surface area contributed by atoms with Gasteiger partial charge in [0.15, 0.2) is 0 Å². The van der Waals surface area contributed by atoms with Crippen LogP contribution in [0.2, 0.25) is 39.3 Å². The van der Waals surface area contributed by atoms with Crippen LogP contribution in [0.5, 0.6) is 0 Å². The molecule has 0 aliphatic carbocycles. The monoisotopic (exact) mass is 229 g/mol. The summed E-state index contributed by atoms with van der Waals surface area (Å²) in [5.41, 5.74) is 1.56. The van der Waals surface area contributed by atoms with Gasteiger partial charge in [0, 0.05) is 0 Å². The van der Waals surface area contributed by atoms with E-state index in [0.29, 0.717) is 0 Å². The van der Waals surface area contributed by atoms with Crippen molar-refractivity contribution in [3.05, 3.63) is 11.8 Å². The van der Waals surface area contributed by atoms with Crippen molar-refractivity contribution in [2.45, 2.75) is 59.6 Å². The van der Waals surface area contributed by atoms with E-state index in [-0.39, 0.29) is 0 Å². The maximum Gasteiger partial charge on any atom is 0.138 e. The molecule has 0 atom stereocenters. The summed E-state index contributed by atoms with van der Waals surface area (Å²) in [5, 5.41) is 0. The number of hydrogen-bond acceptors (Lipinski definition) is 1. The van der Waals surface area contributed by atoms with Crippen LogP contribution < -0.4 is 0 Å². The first-order chi connectivity index (χ1) is 6.14. The van der Waals surface area contributed by atoms with Crippen LogP contribution in [-0.4, -0.2) is 20.7 Å². The molecule has 1 nitrogen and oxygen atoms in total. The second-order valence-electron chi connectivity index (χ2n) is 5.81. The van der Waals surface area contributed by atoms with Crippen LogP contribution in [0.15, 0.2) is 11.8 Å². The summed E-state index contributed by atoms with van der Waals surface area (Å²) in [6.07, 6.45) is 3.47. The van der Waals surface area contributed by atoms with Gasteiger partial charge < -0.3 is 4.23 Å². The summed E-state index contributed by atoms with van der Waals surface area (Å²) >= 11 is 0. The maximum absolute atomic E-state index is 2.79. The van der Waals surface area contributed by atoms with Gasteiger partial charge in [-0.1, -0.05) is 52.3 Å². The SMILES string of the molecule is C/C=C(\CC)N([Si](C)(C)C)[Si](C)(C)C. The Morgan fingerprint density at radius 3 is 1.43 bits per heavy atom. The van der Waals surface area contributed by atoms with E-state index < -0.39 is 16.5 Å². The van der Waals surface area contributed by atoms with Crippen LogP contribution in [0.3, 0.4) is 0 Å². The number of rotatable bonds is 4. The summed E-state index contributed by atoms with van der Waals surface area (Å²) in [4.78, 5) is 0. The predicted octanol–water partition coefficient (Wildman–Crippen LogP) is 4.27. The molecule has 0 aromatic heterocycles. The van der Waals surface area contributed by atoms with E-state index in [2.05, 4.69) is 63.4 Å². The van der Waals surface area contributed by atoms with E-state index in [1.165, 1.54) is 6.42 Å². The molecule has 14 heavy (non-hydrogen) atoms. The van der Waals surface area contributed by atoms with E-state index >= 15 is 0 Å². The third-order valence-electron chi connectivity index (χ3n) is 2.32. The molecule has 0 amide bonds. The Labute approximate surface area is 92.4 Å². The number of allylic oxidation sites excluding steroid dienone is 2. The minimum absolute atomic E-state index is 1.17. The second-order valence-corrected chi connectivity index (χ2v) is 15.8. The largest absolute Gasteiger partial charge is 0.428 e. The first kappa shape index (κ1) is 14.0. The summed E-state index contributed by atoms with van der Waals surface area (Å²) in [6.45, 7) is 19.1. The van der Waals surface area contributed by atoms with Crippen LogP contribution in [0.1, 0.15) is 20.3 Å². The molecule has 0 aromatic rings. The topological polar surface area (TPSA) is 3.24 Å². The molecule has 0 aliphatic rings. The Hall–Kier alpha value is -0.0262. The number of nitrogens with zero attached hydrogens (tertiary/aromatic N) is 1. The first-order valence-corrected chi connectivity index (χ1v) is 12.5. The highest BCUT2D eigenvalue weighted by Gasteiger charge is 2.34. The zero-order chi connectivity index (χ0) is 11.6. The molecule has 0 bridgehead atoms. The van der Waals surface area contributed by atoms with Gasteiger partial charge in [0.05, 0.1) is 0 Å². The fourth-order valence-electron chi connectivity index (χ4n) is 2.36. The van der Waals surface area contributed by atoms with Gasteiger partial charge in [-0.25, -0.2) is 0 Å². The van der Waals surface area contributed by atoms with Crippen molar-refractivity contribution in [2.75, 3.05) is 0 Å². The summed E-state index contributed by atoms with van der Waals surface area (Å²) in [5.74, 6) is 0. The van der Waals surface area contributed by atoms with E-state index in [1.54, 1.807) is 5.70 Å².